The van der Waals surface area contributed by atoms with Crippen LogP contribution in [0.4, 0.5) is 5.69 Å². The molecule has 0 saturated carbocycles. The van der Waals surface area contributed by atoms with Crippen molar-refractivity contribution >= 4 is 46.2 Å². The molecule has 0 radical (unpaired) electrons. The standard InChI is InChI=1S/C13H16Cl2N2OS/c1-8-6-17(7-9(2)18-8)13(19)16-11-5-3-4-10(14)12(11)15/h3-5,8-9H,6-7H2,1-2H3,(H,16,19)/t8-,9-/m0/s1. The summed E-state index contributed by atoms with van der Waals surface area (Å²) in [6.45, 7) is 5.62. The molecule has 0 unspecified atom stereocenters. The first-order chi connectivity index (χ1) is 8.97. The Kier molecular flexibility index (Phi) is 4.90. The SMILES string of the molecule is C[C@H]1CN(C(=S)Nc2cccc(Cl)c2Cl)C[C@H](C)O1. The summed E-state index contributed by atoms with van der Waals surface area (Å²) in [5.41, 5.74) is 0.728. The van der Waals surface area contributed by atoms with Gasteiger partial charge in [0, 0.05) is 13.1 Å². The fourth-order valence-electron chi connectivity index (χ4n) is 2.14. The highest BCUT2D eigenvalue weighted by Crippen LogP contribution is 2.29. The number of hydrogen-bond donors (Lipinski definition) is 1. The second-order valence-electron chi connectivity index (χ2n) is 4.69. The van der Waals surface area contributed by atoms with Crippen LogP contribution >= 0.6 is 35.4 Å². The van der Waals surface area contributed by atoms with Crippen LogP contribution in [0.15, 0.2) is 18.2 Å². The first-order valence-corrected chi connectivity index (χ1v) is 7.29. The van der Waals surface area contributed by atoms with E-state index in [4.69, 9.17) is 40.2 Å². The summed E-state index contributed by atoms with van der Waals surface area (Å²) in [4.78, 5) is 2.09. The van der Waals surface area contributed by atoms with E-state index < -0.39 is 0 Å². The minimum Gasteiger partial charge on any atom is -0.372 e. The van der Waals surface area contributed by atoms with Gasteiger partial charge in [-0.1, -0.05) is 29.3 Å². The number of thiocarbonyl (C=S) groups is 1. The zero-order valence-electron chi connectivity index (χ0n) is 10.8. The maximum Gasteiger partial charge on any atom is 0.173 e. The van der Waals surface area contributed by atoms with Crippen LogP contribution in [0, 0.1) is 0 Å². The van der Waals surface area contributed by atoms with Crippen LogP contribution in [0.3, 0.4) is 0 Å². The molecule has 2 rings (SSSR count). The third-order valence-corrected chi connectivity index (χ3v) is 4.08. The molecule has 1 aromatic carbocycles. The van der Waals surface area contributed by atoms with Crippen molar-refractivity contribution in [3.05, 3.63) is 28.2 Å². The Bertz CT molecular complexity index is 474. The number of halogens is 2. The van der Waals surface area contributed by atoms with E-state index >= 15 is 0 Å². The summed E-state index contributed by atoms with van der Waals surface area (Å²) in [6.07, 6.45) is 0.330. The van der Waals surface area contributed by atoms with Crippen molar-refractivity contribution in [3.63, 3.8) is 0 Å². The maximum absolute atomic E-state index is 6.14. The molecule has 2 atom stereocenters. The second kappa shape index (κ2) is 6.27. The predicted molar refractivity (Wildman–Crippen MR) is 84.3 cm³/mol. The molecular formula is C13H16Cl2N2OS. The number of morpholine rings is 1. The third-order valence-electron chi connectivity index (χ3n) is 2.90. The van der Waals surface area contributed by atoms with Gasteiger partial charge in [-0.25, -0.2) is 0 Å². The lowest BCUT2D eigenvalue weighted by Gasteiger charge is -2.37. The summed E-state index contributed by atoms with van der Waals surface area (Å²) < 4.78 is 5.68. The Hall–Kier alpha value is -0.550. The molecule has 1 saturated heterocycles. The van der Waals surface area contributed by atoms with Gasteiger partial charge in [0.1, 0.15) is 0 Å². The van der Waals surface area contributed by atoms with Gasteiger partial charge >= 0.3 is 0 Å². The summed E-state index contributed by atoms with van der Waals surface area (Å²) >= 11 is 17.5. The summed E-state index contributed by atoms with van der Waals surface area (Å²) in [6, 6.07) is 5.44. The van der Waals surface area contributed by atoms with Crippen molar-refractivity contribution in [2.75, 3.05) is 18.4 Å². The average Bonchev–Trinajstić information content (AvgIpc) is 2.33. The zero-order valence-corrected chi connectivity index (χ0v) is 13.1. The lowest BCUT2D eigenvalue weighted by molar-refractivity contribution is -0.0473. The Balaban J connectivity index is 2.06. The largest absolute Gasteiger partial charge is 0.372 e. The highest BCUT2D eigenvalue weighted by atomic mass is 35.5. The Morgan fingerprint density at radius 3 is 2.58 bits per heavy atom. The van der Waals surface area contributed by atoms with E-state index in [9.17, 15) is 0 Å². The molecule has 104 valence electrons. The van der Waals surface area contributed by atoms with E-state index in [0.717, 1.165) is 18.8 Å². The average molecular weight is 319 g/mol. The van der Waals surface area contributed by atoms with Crippen molar-refractivity contribution in [2.45, 2.75) is 26.1 Å². The van der Waals surface area contributed by atoms with E-state index in [1.807, 2.05) is 26.0 Å². The van der Waals surface area contributed by atoms with E-state index in [0.29, 0.717) is 15.2 Å². The Labute approximate surface area is 128 Å². The second-order valence-corrected chi connectivity index (χ2v) is 5.87. The number of nitrogens with zero attached hydrogens (tertiary/aromatic N) is 1. The summed E-state index contributed by atoms with van der Waals surface area (Å²) in [5.74, 6) is 0. The molecule has 1 N–H and O–H groups in total. The van der Waals surface area contributed by atoms with Crippen LogP contribution in [0.5, 0.6) is 0 Å². The lowest BCUT2D eigenvalue weighted by atomic mass is 10.2. The van der Waals surface area contributed by atoms with Gasteiger partial charge in [0.05, 0.1) is 27.9 Å². The molecule has 1 aliphatic rings. The lowest BCUT2D eigenvalue weighted by Crippen LogP contribution is -2.49. The fraction of sp³-hybridized carbons (Fsp3) is 0.462. The van der Waals surface area contributed by atoms with Gasteiger partial charge in [0.15, 0.2) is 5.11 Å². The summed E-state index contributed by atoms with van der Waals surface area (Å²) in [5, 5.41) is 4.79. The molecule has 19 heavy (non-hydrogen) atoms. The molecule has 0 amide bonds. The highest BCUT2D eigenvalue weighted by molar-refractivity contribution is 7.80. The number of benzene rings is 1. The molecule has 0 bridgehead atoms. The van der Waals surface area contributed by atoms with Crippen molar-refractivity contribution in [3.8, 4) is 0 Å². The van der Waals surface area contributed by atoms with E-state index in [1.165, 1.54) is 0 Å². The van der Waals surface area contributed by atoms with Crippen molar-refractivity contribution in [1.82, 2.24) is 4.90 Å². The maximum atomic E-state index is 6.14. The smallest absolute Gasteiger partial charge is 0.173 e. The monoisotopic (exact) mass is 318 g/mol. The van der Waals surface area contributed by atoms with E-state index in [2.05, 4.69) is 10.2 Å². The molecule has 1 heterocycles. The van der Waals surface area contributed by atoms with Crippen molar-refractivity contribution < 1.29 is 4.74 Å². The number of anilines is 1. The van der Waals surface area contributed by atoms with Crippen LogP contribution in [-0.4, -0.2) is 35.3 Å². The fourth-order valence-corrected chi connectivity index (χ4v) is 2.75. The molecule has 1 aromatic rings. The van der Waals surface area contributed by atoms with Gasteiger partial charge in [0.25, 0.3) is 0 Å². The molecule has 0 aliphatic carbocycles. The molecule has 3 nitrogen and oxygen atoms in total. The topological polar surface area (TPSA) is 24.5 Å². The zero-order chi connectivity index (χ0) is 14.0. The number of nitrogens with one attached hydrogen (secondary N) is 1. The summed E-state index contributed by atoms with van der Waals surface area (Å²) in [7, 11) is 0. The van der Waals surface area contributed by atoms with Crippen LogP contribution in [0.25, 0.3) is 0 Å². The molecule has 6 heteroatoms. The molecule has 1 aliphatic heterocycles. The van der Waals surface area contributed by atoms with Gasteiger partial charge in [-0.05, 0) is 38.2 Å². The van der Waals surface area contributed by atoms with Gasteiger partial charge in [-0.2, -0.15) is 0 Å². The quantitative estimate of drug-likeness (QED) is 0.796. The number of ether oxygens (including phenoxy) is 1. The normalized spacial score (nSPS) is 23.3. The van der Waals surface area contributed by atoms with Crippen LogP contribution in [0.1, 0.15) is 13.8 Å². The number of rotatable bonds is 1. The molecular weight excluding hydrogens is 303 g/mol. The molecule has 0 aromatic heterocycles. The molecule has 0 spiro atoms. The van der Waals surface area contributed by atoms with E-state index in [-0.39, 0.29) is 12.2 Å². The highest BCUT2D eigenvalue weighted by Gasteiger charge is 2.24. The Morgan fingerprint density at radius 2 is 1.95 bits per heavy atom. The van der Waals surface area contributed by atoms with Crippen molar-refractivity contribution in [2.24, 2.45) is 0 Å². The van der Waals surface area contributed by atoms with Gasteiger partial charge in [-0.3, -0.25) is 0 Å². The third kappa shape index (κ3) is 3.72. The van der Waals surface area contributed by atoms with Gasteiger partial charge in [0.2, 0.25) is 0 Å². The van der Waals surface area contributed by atoms with Crippen molar-refractivity contribution in [1.29, 1.82) is 0 Å². The van der Waals surface area contributed by atoms with Crippen LogP contribution in [-0.2, 0) is 4.74 Å². The first-order valence-electron chi connectivity index (χ1n) is 6.12. The van der Waals surface area contributed by atoms with E-state index in [1.54, 1.807) is 6.07 Å². The van der Waals surface area contributed by atoms with Crippen LogP contribution in [0.2, 0.25) is 10.0 Å². The van der Waals surface area contributed by atoms with Gasteiger partial charge < -0.3 is 15.0 Å². The van der Waals surface area contributed by atoms with Gasteiger partial charge in [-0.15, -0.1) is 0 Å². The first kappa shape index (κ1) is 14.9. The molecule has 1 fully saturated rings. The van der Waals surface area contributed by atoms with Crippen LogP contribution < -0.4 is 5.32 Å². The predicted octanol–water partition coefficient (Wildman–Crippen LogP) is 3.80. The number of hydrogen-bond acceptors (Lipinski definition) is 2. The minimum absolute atomic E-state index is 0.165. The Morgan fingerprint density at radius 1 is 1.32 bits per heavy atom. The minimum atomic E-state index is 0.165.